The SMILES string of the molecule is Cc1ccc(NC(=O)CN2CCC(c3nnc(-c4ccc(F)cc4)o3)CC2)cc1C. The van der Waals surface area contributed by atoms with Crippen molar-refractivity contribution in [2.75, 3.05) is 25.0 Å². The molecule has 4 rings (SSSR count). The molecule has 0 atom stereocenters. The number of nitrogens with one attached hydrogen (secondary N) is 1. The Kier molecular flexibility index (Phi) is 5.90. The highest BCUT2D eigenvalue weighted by Crippen LogP contribution is 2.29. The van der Waals surface area contributed by atoms with Crippen molar-refractivity contribution in [2.24, 2.45) is 0 Å². The minimum atomic E-state index is -0.299. The van der Waals surface area contributed by atoms with E-state index in [9.17, 15) is 9.18 Å². The Labute approximate surface area is 175 Å². The molecule has 1 aromatic heterocycles. The molecule has 156 valence electrons. The van der Waals surface area contributed by atoms with Crippen LogP contribution in [0.5, 0.6) is 0 Å². The van der Waals surface area contributed by atoms with Crippen LogP contribution in [0.2, 0.25) is 0 Å². The van der Waals surface area contributed by atoms with Gasteiger partial charge in [0.05, 0.1) is 6.54 Å². The van der Waals surface area contributed by atoms with Gasteiger partial charge in [-0.3, -0.25) is 9.69 Å². The van der Waals surface area contributed by atoms with Gasteiger partial charge in [-0.2, -0.15) is 0 Å². The number of benzene rings is 2. The molecule has 1 saturated heterocycles. The number of piperidine rings is 1. The summed E-state index contributed by atoms with van der Waals surface area (Å²) in [5, 5.41) is 11.3. The first-order valence-corrected chi connectivity index (χ1v) is 10.2. The molecule has 6 nitrogen and oxygen atoms in total. The lowest BCUT2D eigenvalue weighted by molar-refractivity contribution is -0.117. The van der Waals surface area contributed by atoms with E-state index in [1.165, 1.54) is 17.7 Å². The van der Waals surface area contributed by atoms with Crippen molar-refractivity contribution in [2.45, 2.75) is 32.6 Å². The number of likely N-dealkylation sites (tertiary alicyclic amines) is 1. The zero-order chi connectivity index (χ0) is 21.1. The maximum Gasteiger partial charge on any atom is 0.247 e. The molecule has 30 heavy (non-hydrogen) atoms. The monoisotopic (exact) mass is 408 g/mol. The molecule has 1 N–H and O–H groups in total. The highest BCUT2D eigenvalue weighted by atomic mass is 19.1. The van der Waals surface area contributed by atoms with Crippen molar-refractivity contribution in [3.05, 3.63) is 65.3 Å². The number of nitrogens with zero attached hydrogens (tertiary/aromatic N) is 3. The van der Waals surface area contributed by atoms with Gasteiger partial charge >= 0.3 is 0 Å². The summed E-state index contributed by atoms with van der Waals surface area (Å²) in [5.74, 6) is 0.875. The number of carbonyl (C=O) groups excluding carboxylic acids is 1. The minimum Gasteiger partial charge on any atom is -0.420 e. The Hall–Kier alpha value is -3.06. The van der Waals surface area contributed by atoms with Gasteiger partial charge in [-0.1, -0.05) is 6.07 Å². The summed E-state index contributed by atoms with van der Waals surface area (Å²) in [6.45, 7) is 6.04. The van der Waals surface area contributed by atoms with Gasteiger partial charge in [-0.25, -0.2) is 4.39 Å². The van der Waals surface area contributed by atoms with Crippen LogP contribution in [-0.4, -0.2) is 40.6 Å². The van der Waals surface area contributed by atoms with Gasteiger partial charge in [-0.05, 0) is 87.3 Å². The Bertz CT molecular complexity index is 1020. The molecule has 0 unspecified atom stereocenters. The molecule has 0 bridgehead atoms. The summed E-state index contributed by atoms with van der Waals surface area (Å²) in [7, 11) is 0. The maximum atomic E-state index is 13.1. The van der Waals surface area contributed by atoms with Gasteiger partial charge in [0, 0.05) is 17.2 Å². The Morgan fingerprint density at radius 2 is 1.83 bits per heavy atom. The van der Waals surface area contributed by atoms with E-state index < -0.39 is 0 Å². The molecule has 7 heteroatoms. The largest absolute Gasteiger partial charge is 0.420 e. The lowest BCUT2D eigenvalue weighted by Crippen LogP contribution is -2.38. The first-order valence-electron chi connectivity index (χ1n) is 10.2. The molecule has 0 radical (unpaired) electrons. The second kappa shape index (κ2) is 8.75. The van der Waals surface area contributed by atoms with E-state index >= 15 is 0 Å². The number of amides is 1. The number of hydrogen-bond acceptors (Lipinski definition) is 5. The summed E-state index contributed by atoms with van der Waals surface area (Å²) in [4.78, 5) is 14.5. The summed E-state index contributed by atoms with van der Waals surface area (Å²) >= 11 is 0. The Morgan fingerprint density at radius 3 is 2.53 bits per heavy atom. The molecule has 2 heterocycles. The third-order valence-corrected chi connectivity index (χ3v) is 5.63. The van der Waals surface area contributed by atoms with Crippen molar-refractivity contribution in [3.63, 3.8) is 0 Å². The van der Waals surface area contributed by atoms with Crippen LogP contribution in [0.4, 0.5) is 10.1 Å². The number of anilines is 1. The lowest BCUT2D eigenvalue weighted by Gasteiger charge is -2.29. The number of halogens is 1. The summed E-state index contributed by atoms with van der Waals surface area (Å²) < 4.78 is 18.9. The highest BCUT2D eigenvalue weighted by Gasteiger charge is 2.26. The van der Waals surface area contributed by atoms with Gasteiger partial charge in [0.2, 0.25) is 17.7 Å². The molecule has 0 spiro atoms. The number of aryl methyl sites for hydroxylation is 2. The second-order valence-corrected chi connectivity index (χ2v) is 7.85. The van der Waals surface area contributed by atoms with Crippen LogP contribution in [-0.2, 0) is 4.79 Å². The molecule has 1 aliphatic heterocycles. The quantitative estimate of drug-likeness (QED) is 0.681. The van der Waals surface area contributed by atoms with E-state index in [0.29, 0.717) is 23.9 Å². The van der Waals surface area contributed by atoms with E-state index in [4.69, 9.17) is 4.42 Å². The van der Waals surface area contributed by atoms with Gasteiger partial charge in [0.25, 0.3) is 0 Å². The van der Waals surface area contributed by atoms with E-state index in [1.807, 2.05) is 25.1 Å². The van der Waals surface area contributed by atoms with Gasteiger partial charge in [0.1, 0.15) is 5.82 Å². The van der Waals surface area contributed by atoms with Gasteiger partial charge < -0.3 is 9.73 Å². The van der Waals surface area contributed by atoms with E-state index in [0.717, 1.165) is 37.2 Å². The number of hydrogen-bond donors (Lipinski definition) is 1. The van der Waals surface area contributed by atoms with Crippen LogP contribution in [0, 0.1) is 19.7 Å². The average molecular weight is 408 g/mol. The molecule has 0 aliphatic carbocycles. The van der Waals surface area contributed by atoms with Crippen LogP contribution in [0.15, 0.2) is 46.9 Å². The Balaban J connectivity index is 1.29. The van der Waals surface area contributed by atoms with E-state index in [1.54, 1.807) is 12.1 Å². The third-order valence-electron chi connectivity index (χ3n) is 5.63. The van der Waals surface area contributed by atoms with Crippen LogP contribution in [0.1, 0.15) is 35.8 Å². The fraction of sp³-hybridized carbons (Fsp3) is 0.348. The van der Waals surface area contributed by atoms with Crippen molar-refractivity contribution in [1.82, 2.24) is 15.1 Å². The van der Waals surface area contributed by atoms with Gasteiger partial charge in [0.15, 0.2) is 0 Å². The average Bonchev–Trinajstić information content (AvgIpc) is 3.22. The van der Waals surface area contributed by atoms with Gasteiger partial charge in [-0.15, -0.1) is 10.2 Å². The predicted molar refractivity (Wildman–Crippen MR) is 113 cm³/mol. The maximum absolute atomic E-state index is 13.1. The molecular weight excluding hydrogens is 383 g/mol. The zero-order valence-corrected chi connectivity index (χ0v) is 17.2. The van der Waals surface area contributed by atoms with Crippen molar-refractivity contribution in [3.8, 4) is 11.5 Å². The van der Waals surface area contributed by atoms with Crippen molar-refractivity contribution < 1.29 is 13.6 Å². The summed E-state index contributed by atoms with van der Waals surface area (Å²) in [5.41, 5.74) is 3.90. The third kappa shape index (κ3) is 4.74. The van der Waals surface area contributed by atoms with Crippen LogP contribution >= 0.6 is 0 Å². The molecule has 0 saturated carbocycles. The number of carbonyl (C=O) groups is 1. The zero-order valence-electron chi connectivity index (χ0n) is 17.2. The topological polar surface area (TPSA) is 71.3 Å². The lowest BCUT2D eigenvalue weighted by atomic mass is 9.97. The number of rotatable bonds is 5. The van der Waals surface area contributed by atoms with E-state index in [-0.39, 0.29) is 17.6 Å². The molecular formula is C23H25FN4O2. The number of aromatic nitrogens is 2. The first-order chi connectivity index (χ1) is 14.5. The minimum absolute atomic E-state index is 0.00640. The fourth-order valence-electron chi connectivity index (χ4n) is 3.67. The smallest absolute Gasteiger partial charge is 0.247 e. The summed E-state index contributed by atoms with van der Waals surface area (Å²) in [6.07, 6.45) is 1.70. The van der Waals surface area contributed by atoms with E-state index in [2.05, 4.69) is 27.3 Å². The second-order valence-electron chi connectivity index (χ2n) is 7.85. The molecule has 2 aromatic carbocycles. The molecule has 3 aromatic rings. The summed E-state index contributed by atoms with van der Waals surface area (Å²) in [6, 6.07) is 11.9. The fourth-order valence-corrected chi connectivity index (χ4v) is 3.67. The first kappa shape index (κ1) is 20.2. The van der Waals surface area contributed by atoms with Crippen molar-refractivity contribution >= 4 is 11.6 Å². The molecule has 1 fully saturated rings. The molecule has 1 amide bonds. The van der Waals surface area contributed by atoms with Crippen molar-refractivity contribution in [1.29, 1.82) is 0 Å². The Morgan fingerprint density at radius 1 is 1.10 bits per heavy atom. The van der Waals surface area contributed by atoms with Crippen LogP contribution in [0.3, 0.4) is 0 Å². The normalized spacial score (nSPS) is 15.3. The van der Waals surface area contributed by atoms with Crippen LogP contribution < -0.4 is 5.32 Å². The van der Waals surface area contributed by atoms with Crippen LogP contribution in [0.25, 0.3) is 11.5 Å². The standard InChI is InChI=1S/C23H25FN4O2/c1-15-3-8-20(13-16(15)2)25-21(29)14-28-11-9-18(10-12-28)23-27-26-22(30-23)17-4-6-19(24)7-5-17/h3-8,13,18H,9-12,14H2,1-2H3,(H,25,29). The highest BCUT2D eigenvalue weighted by molar-refractivity contribution is 5.92. The molecule has 1 aliphatic rings. The predicted octanol–water partition coefficient (Wildman–Crippen LogP) is 4.31.